The van der Waals surface area contributed by atoms with E-state index in [1.54, 1.807) is 43.7 Å². The topological polar surface area (TPSA) is 83.8 Å². The number of benzene rings is 1. The summed E-state index contributed by atoms with van der Waals surface area (Å²) in [7, 11) is 1.60. The predicted molar refractivity (Wildman–Crippen MR) is 100 cm³/mol. The van der Waals surface area contributed by atoms with Crippen molar-refractivity contribution in [2.45, 2.75) is 25.4 Å². The zero-order valence-electron chi connectivity index (χ0n) is 15.4. The number of likely N-dealkylation sites (tertiary alicyclic amines) is 1. The summed E-state index contributed by atoms with van der Waals surface area (Å²) in [5.74, 6) is 1.37. The Morgan fingerprint density at radius 2 is 1.93 bits per heavy atom. The van der Waals surface area contributed by atoms with E-state index in [4.69, 9.17) is 9.15 Å². The predicted octanol–water partition coefficient (Wildman–Crippen LogP) is 1.80. The van der Waals surface area contributed by atoms with E-state index in [0.29, 0.717) is 18.7 Å². The first-order valence-corrected chi connectivity index (χ1v) is 9.10. The Bertz CT molecular complexity index is 735. The minimum Gasteiger partial charge on any atom is -0.497 e. The molecule has 0 unspecified atom stereocenters. The Labute approximate surface area is 158 Å². The lowest BCUT2D eigenvalue weighted by molar-refractivity contribution is -0.122. The van der Waals surface area contributed by atoms with Gasteiger partial charge in [0, 0.05) is 24.7 Å². The molecule has 1 fully saturated rings. The third kappa shape index (κ3) is 5.59. The molecule has 0 atom stereocenters. The van der Waals surface area contributed by atoms with E-state index in [2.05, 4.69) is 15.5 Å². The van der Waals surface area contributed by atoms with Crippen molar-refractivity contribution in [3.63, 3.8) is 0 Å². The number of nitrogens with one attached hydrogen (secondary N) is 2. The minimum atomic E-state index is -0.0766. The lowest BCUT2D eigenvalue weighted by atomic mass is 10.0. The summed E-state index contributed by atoms with van der Waals surface area (Å²) in [4.78, 5) is 26.5. The second-order valence-electron chi connectivity index (χ2n) is 6.61. The molecule has 3 rings (SSSR count). The van der Waals surface area contributed by atoms with Crippen LogP contribution in [-0.2, 0) is 11.3 Å². The van der Waals surface area contributed by atoms with Crippen molar-refractivity contribution in [1.29, 1.82) is 0 Å². The summed E-state index contributed by atoms with van der Waals surface area (Å²) in [6.45, 7) is 2.32. The monoisotopic (exact) mass is 371 g/mol. The zero-order valence-corrected chi connectivity index (χ0v) is 15.4. The molecule has 7 heteroatoms. The van der Waals surface area contributed by atoms with Crippen LogP contribution < -0.4 is 15.4 Å². The number of rotatable bonds is 7. The number of hydrogen-bond donors (Lipinski definition) is 2. The molecule has 1 aliphatic heterocycles. The van der Waals surface area contributed by atoms with Crippen LogP contribution in [0.5, 0.6) is 5.75 Å². The van der Waals surface area contributed by atoms with Crippen LogP contribution in [0.15, 0.2) is 47.1 Å². The summed E-state index contributed by atoms with van der Waals surface area (Å²) in [5.41, 5.74) is 0.621. The van der Waals surface area contributed by atoms with Gasteiger partial charge in [-0.3, -0.25) is 14.5 Å². The minimum absolute atomic E-state index is 0.0212. The van der Waals surface area contributed by atoms with Gasteiger partial charge in [-0.1, -0.05) is 0 Å². The Balaban J connectivity index is 1.37. The maximum Gasteiger partial charge on any atom is 0.251 e. The Hall–Kier alpha value is -2.80. The molecular formula is C20H25N3O4. The molecule has 0 aliphatic carbocycles. The van der Waals surface area contributed by atoms with Gasteiger partial charge in [0.1, 0.15) is 11.5 Å². The summed E-state index contributed by atoms with van der Waals surface area (Å²) in [6, 6.07) is 10.8. The van der Waals surface area contributed by atoms with Crippen LogP contribution >= 0.6 is 0 Å². The molecule has 2 aromatic rings. The molecule has 1 saturated heterocycles. The van der Waals surface area contributed by atoms with Crippen LogP contribution in [0.3, 0.4) is 0 Å². The number of ether oxygens (including phenoxy) is 1. The number of piperidine rings is 1. The molecule has 7 nitrogen and oxygen atoms in total. The van der Waals surface area contributed by atoms with Crippen molar-refractivity contribution in [1.82, 2.24) is 15.5 Å². The smallest absolute Gasteiger partial charge is 0.251 e. The largest absolute Gasteiger partial charge is 0.497 e. The molecule has 1 aromatic carbocycles. The van der Waals surface area contributed by atoms with E-state index in [1.807, 2.05) is 6.07 Å². The summed E-state index contributed by atoms with van der Waals surface area (Å²) >= 11 is 0. The number of hydrogen-bond acceptors (Lipinski definition) is 5. The Morgan fingerprint density at radius 1 is 1.19 bits per heavy atom. The molecule has 0 bridgehead atoms. The highest BCUT2D eigenvalue weighted by Gasteiger charge is 2.22. The van der Waals surface area contributed by atoms with Gasteiger partial charge < -0.3 is 19.8 Å². The normalized spacial score (nSPS) is 15.3. The molecular weight excluding hydrogens is 346 g/mol. The Morgan fingerprint density at radius 3 is 2.56 bits per heavy atom. The highest BCUT2D eigenvalue weighted by atomic mass is 16.5. The van der Waals surface area contributed by atoms with E-state index in [-0.39, 0.29) is 17.9 Å². The molecule has 27 heavy (non-hydrogen) atoms. The van der Waals surface area contributed by atoms with Gasteiger partial charge in [0.15, 0.2) is 0 Å². The van der Waals surface area contributed by atoms with Crippen molar-refractivity contribution < 1.29 is 18.7 Å². The van der Waals surface area contributed by atoms with E-state index in [9.17, 15) is 9.59 Å². The second-order valence-corrected chi connectivity index (χ2v) is 6.61. The molecule has 0 spiro atoms. The lowest BCUT2D eigenvalue weighted by Gasteiger charge is -2.31. The van der Waals surface area contributed by atoms with Crippen LogP contribution in [0.2, 0.25) is 0 Å². The number of carbonyl (C=O) groups excluding carboxylic acids is 2. The van der Waals surface area contributed by atoms with E-state index in [1.165, 1.54) is 0 Å². The van der Waals surface area contributed by atoms with Crippen molar-refractivity contribution in [3.05, 3.63) is 54.0 Å². The molecule has 1 aromatic heterocycles. The van der Waals surface area contributed by atoms with Crippen LogP contribution in [0.4, 0.5) is 0 Å². The first kappa shape index (κ1) is 19.0. The number of amides is 2. The van der Waals surface area contributed by atoms with Gasteiger partial charge in [-0.05, 0) is 49.2 Å². The fourth-order valence-corrected chi connectivity index (χ4v) is 3.10. The first-order chi connectivity index (χ1) is 13.1. The SMILES string of the molecule is COc1ccc(C(=O)NC2CCN(CC(=O)NCc3ccco3)CC2)cc1. The van der Waals surface area contributed by atoms with Gasteiger partial charge in [-0.15, -0.1) is 0 Å². The number of methoxy groups -OCH3 is 1. The van der Waals surface area contributed by atoms with Crippen molar-refractivity contribution in [2.24, 2.45) is 0 Å². The Kier molecular flexibility index (Phi) is 6.49. The fourth-order valence-electron chi connectivity index (χ4n) is 3.10. The quantitative estimate of drug-likeness (QED) is 0.775. The van der Waals surface area contributed by atoms with Crippen LogP contribution in [-0.4, -0.2) is 49.5 Å². The van der Waals surface area contributed by atoms with Crippen molar-refractivity contribution in [2.75, 3.05) is 26.7 Å². The van der Waals surface area contributed by atoms with Crippen molar-refractivity contribution >= 4 is 11.8 Å². The van der Waals surface area contributed by atoms with Gasteiger partial charge in [-0.25, -0.2) is 0 Å². The van der Waals surface area contributed by atoms with Gasteiger partial charge in [0.25, 0.3) is 5.91 Å². The van der Waals surface area contributed by atoms with Crippen LogP contribution in [0, 0.1) is 0 Å². The first-order valence-electron chi connectivity index (χ1n) is 9.10. The molecule has 0 radical (unpaired) electrons. The van der Waals surface area contributed by atoms with E-state index < -0.39 is 0 Å². The highest BCUT2D eigenvalue weighted by molar-refractivity contribution is 5.94. The molecule has 144 valence electrons. The van der Waals surface area contributed by atoms with Gasteiger partial charge in [0.05, 0.1) is 26.5 Å². The number of furan rings is 1. The maximum atomic E-state index is 12.3. The number of carbonyl (C=O) groups is 2. The van der Waals surface area contributed by atoms with Gasteiger partial charge in [0.2, 0.25) is 5.91 Å². The molecule has 0 saturated carbocycles. The lowest BCUT2D eigenvalue weighted by Crippen LogP contribution is -2.47. The summed E-state index contributed by atoms with van der Waals surface area (Å²) < 4.78 is 10.3. The molecule has 1 aliphatic rings. The summed E-state index contributed by atoms with van der Waals surface area (Å²) in [5, 5.41) is 5.92. The highest BCUT2D eigenvalue weighted by Crippen LogP contribution is 2.14. The maximum absolute atomic E-state index is 12.3. The van der Waals surface area contributed by atoms with E-state index in [0.717, 1.165) is 37.4 Å². The molecule has 2 N–H and O–H groups in total. The van der Waals surface area contributed by atoms with Gasteiger partial charge in [-0.2, -0.15) is 0 Å². The van der Waals surface area contributed by atoms with Gasteiger partial charge >= 0.3 is 0 Å². The standard InChI is InChI=1S/C20H25N3O4/c1-26-17-6-4-15(5-7-17)20(25)22-16-8-10-23(11-9-16)14-19(24)21-13-18-3-2-12-27-18/h2-7,12,16H,8-11,13-14H2,1H3,(H,21,24)(H,22,25). The second kappa shape index (κ2) is 9.23. The van der Waals surface area contributed by atoms with E-state index >= 15 is 0 Å². The van der Waals surface area contributed by atoms with Crippen LogP contribution in [0.1, 0.15) is 29.0 Å². The summed E-state index contributed by atoms with van der Waals surface area (Å²) in [6.07, 6.45) is 3.24. The zero-order chi connectivity index (χ0) is 19.1. The molecule has 2 heterocycles. The molecule has 2 amide bonds. The third-order valence-corrected chi connectivity index (χ3v) is 4.68. The fraction of sp³-hybridized carbons (Fsp3) is 0.400. The van der Waals surface area contributed by atoms with Crippen LogP contribution in [0.25, 0.3) is 0 Å². The average molecular weight is 371 g/mol. The average Bonchev–Trinajstić information content (AvgIpc) is 3.21. The number of nitrogens with zero attached hydrogens (tertiary/aromatic N) is 1. The van der Waals surface area contributed by atoms with Crippen molar-refractivity contribution in [3.8, 4) is 5.75 Å². The third-order valence-electron chi connectivity index (χ3n) is 4.68.